The van der Waals surface area contributed by atoms with Crippen LogP contribution in [0.3, 0.4) is 0 Å². The van der Waals surface area contributed by atoms with Gasteiger partial charge in [0.05, 0.1) is 11.7 Å². The summed E-state index contributed by atoms with van der Waals surface area (Å²) in [6.07, 6.45) is -1.38. The zero-order valence-electron chi connectivity index (χ0n) is 9.01. The summed E-state index contributed by atoms with van der Waals surface area (Å²) >= 11 is 2.22. The van der Waals surface area contributed by atoms with Crippen LogP contribution in [-0.2, 0) is 10.9 Å². The van der Waals surface area contributed by atoms with Gasteiger partial charge in [0.1, 0.15) is 4.11 Å². The first-order chi connectivity index (χ1) is 7.97. The molecule has 17 heavy (non-hydrogen) atoms. The zero-order chi connectivity index (χ0) is 12.5. The third-order valence-corrected chi connectivity index (χ3v) is 3.74. The van der Waals surface area contributed by atoms with Crippen molar-refractivity contribution in [1.82, 2.24) is 0 Å². The number of ether oxygens (including phenoxy) is 1. The molecule has 1 nitrogen and oxygen atoms in total. The molecule has 2 atom stereocenters. The lowest BCUT2D eigenvalue weighted by Gasteiger charge is -2.27. The van der Waals surface area contributed by atoms with Crippen LogP contribution in [0.15, 0.2) is 24.3 Å². The van der Waals surface area contributed by atoms with Crippen LogP contribution in [0, 0.1) is 0 Å². The number of benzene rings is 1. The molecule has 2 rings (SSSR count). The highest BCUT2D eigenvalue weighted by atomic mass is 127. The third-order valence-electron chi connectivity index (χ3n) is 2.82. The molecule has 0 spiro atoms. The quantitative estimate of drug-likeness (QED) is 0.523. The topological polar surface area (TPSA) is 9.23 Å². The Bertz CT molecular complexity index is 374. The largest absolute Gasteiger partial charge is 0.416 e. The number of rotatable bonds is 1. The fourth-order valence-electron chi connectivity index (χ4n) is 1.91. The van der Waals surface area contributed by atoms with Gasteiger partial charge in [-0.25, -0.2) is 0 Å². The molecule has 94 valence electrons. The van der Waals surface area contributed by atoms with Gasteiger partial charge in [-0.05, 0) is 37.0 Å². The van der Waals surface area contributed by atoms with Gasteiger partial charge in [0.15, 0.2) is 0 Å². The maximum atomic E-state index is 12.4. The number of hydrogen-bond donors (Lipinski definition) is 0. The highest BCUT2D eigenvalue weighted by Crippen LogP contribution is 2.35. The molecular formula is C12H12F3IO. The van der Waals surface area contributed by atoms with Gasteiger partial charge in [0, 0.05) is 0 Å². The molecule has 0 aliphatic carbocycles. The second kappa shape index (κ2) is 5.14. The highest BCUT2D eigenvalue weighted by molar-refractivity contribution is 14.1. The van der Waals surface area contributed by atoms with E-state index in [-0.39, 0.29) is 10.2 Å². The summed E-state index contributed by atoms with van der Waals surface area (Å²) in [6, 6.07) is 5.27. The molecule has 5 heteroatoms. The number of alkyl halides is 4. The molecule has 1 aromatic carbocycles. The van der Waals surface area contributed by atoms with Crippen LogP contribution >= 0.6 is 22.6 Å². The van der Waals surface area contributed by atoms with Crippen LogP contribution in [0.2, 0.25) is 0 Å². The Morgan fingerprint density at radius 2 is 1.76 bits per heavy atom. The Kier molecular flexibility index (Phi) is 3.97. The molecule has 0 aromatic heterocycles. The average molecular weight is 356 g/mol. The van der Waals surface area contributed by atoms with Crippen LogP contribution < -0.4 is 0 Å². The molecule has 1 aliphatic heterocycles. The maximum absolute atomic E-state index is 12.4. The van der Waals surface area contributed by atoms with E-state index in [0.29, 0.717) is 0 Å². The Labute approximate surface area is 111 Å². The monoisotopic (exact) mass is 356 g/mol. The third kappa shape index (κ3) is 3.34. The zero-order valence-corrected chi connectivity index (χ0v) is 11.2. The van der Waals surface area contributed by atoms with Crippen molar-refractivity contribution in [1.29, 1.82) is 0 Å². The molecule has 1 aliphatic rings. The minimum atomic E-state index is -4.27. The molecule has 1 aromatic rings. The Morgan fingerprint density at radius 3 is 2.29 bits per heavy atom. The molecular weight excluding hydrogens is 344 g/mol. The molecule has 0 radical (unpaired) electrons. The lowest BCUT2D eigenvalue weighted by molar-refractivity contribution is -0.137. The van der Waals surface area contributed by atoms with Gasteiger partial charge in [0.2, 0.25) is 0 Å². The van der Waals surface area contributed by atoms with Gasteiger partial charge in [-0.2, -0.15) is 13.2 Å². The van der Waals surface area contributed by atoms with Crippen LogP contribution in [0.4, 0.5) is 13.2 Å². The SMILES string of the molecule is FC(F)(F)c1ccc([C@@H]2CCC[C@H](I)O2)cc1. The summed E-state index contributed by atoms with van der Waals surface area (Å²) in [5.41, 5.74) is 0.224. The van der Waals surface area contributed by atoms with Crippen molar-refractivity contribution in [3.05, 3.63) is 35.4 Å². The smallest absolute Gasteiger partial charge is 0.360 e. The lowest BCUT2D eigenvalue weighted by Crippen LogP contribution is -2.17. The minimum Gasteiger partial charge on any atom is -0.360 e. The van der Waals surface area contributed by atoms with Crippen molar-refractivity contribution < 1.29 is 17.9 Å². The normalized spacial score (nSPS) is 25.9. The number of hydrogen-bond acceptors (Lipinski definition) is 1. The molecule has 0 bridgehead atoms. The second-order valence-corrected chi connectivity index (χ2v) is 5.47. The fraction of sp³-hybridized carbons (Fsp3) is 0.500. The predicted molar refractivity (Wildman–Crippen MR) is 66.9 cm³/mol. The molecule has 0 saturated carbocycles. The van der Waals surface area contributed by atoms with E-state index >= 15 is 0 Å². The van der Waals surface area contributed by atoms with Crippen molar-refractivity contribution in [2.45, 2.75) is 35.7 Å². The fourth-order valence-corrected chi connectivity index (χ4v) is 2.70. The standard InChI is InChI=1S/C12H12F3IO/c13-12(14,15)9-6-4-8(5-7-9)10-2-1-3-11(16)17-10/h4-7,10-11H,1-3H2/t10-,11+/m0/s1. The summed E-state index contributed by atoms with van der Waals surface area (Å²) in [4.78, 5) is 0. The van der Waals surface area contributed by atoms with Crippen LogP contribution in [0.5, 0.6) is 0 Å². The first kappa shape index (κ1) is 13.1. The van der Waals surface area contributed by atoms with Gasteiger partial charge in [0.25, 0.3) is 0 Å². The van der Waals surface area contributed by atoms with Crippen molar-refractivity contribution in [2.24, 2.45) is 0 Å². The van der Waals surface area contributed by atoms with Gasteiger partial charge < -0.3 is 4.74 Å². The molecule has 1 saturated heterocycles. The second-order valence-electron chi connectivity index (χ2n) is 4.09. The van der Waals surface area contributed by atoms with Gasteiger partial charge in [-0.1, -0.05) is 34.7 Å². The molecule has 0 unspecified atom stereocenters. The van der Waals surface area contributed by atoms with Crippen molar-refractivity contribution in [3.8, 4) is 0 Å². The van der Waals surface area contributed by atoms with Gasteiger partial charge in [-0.15, -0.1) is 0 Å². The lowest BCUT2D eigenvalue weighted by atomic mass is 10.0. The van der Waals surface area contributed by atoms with E-state index in [1.807, 2.05) is 0 Å². The Balaban J connectivity index is 2.12. The molecule has 1 heterocycles. The predicted octanol–water partition coefficient (Wildman–Crippen LogP) is 4.71. The van der Waals surface area contributed by atoms with E-state index in [1.54, 1.807) is 0 Å². The van der Waals surface area contributed by atoms with Gasteiger partial charge in [-0.3, -0.25) is 0 Å². The summed E-state index contributed by atoms with van der Waals surface area (Å²) < 4.78 is 43.0. The first-order valence-electron chi connectivity index (χ1n) is 5.43. The molecule has 0 N–H and O–H groups in total. The van der Waals surface area contributed by atoms with E-state index in [2.05, 4.69) is 22.6 Å². The average Bonchev–Trinajstić information content (AvgIpc) is 2.28. The summed E-state index contributed by atoms with van der Waals surface area (Å²) in [5.74, 6) is 0. The van der Waals surface area contributed by atoms with Crippen LogP contribution in [0.1, 0.15) is 36.5 Å². The molecule has 1 fully saturated rings. The number of halogens is 4. The Hall–Kier alpha value is -0.300. The van der Waals surface area contributed by atoms with E-state index in [9.17, 15) is 13.2 Å². The van der Waals surface area contributed by atoms with Crippen molar-refractivity contribution >= 4 is 22.6 Å². The van der Waals surface area contributed by atoms with Crippen LogP contribution in [0.25, 0.3) is 0 Å². The Morgan fingerprint density at radius 1 is 1.12 bits per heavy atom. The van der Waals surface area contributed by atoms with Crippen molar-refractivity contribution in [2.75, 3.05) is 0 Å². The summed E-state index contributed by atoms with van der Waals surface area (Å²) in [6.45, 7) is 0. The van der Waals surface area contributed by atoms with E-state index in [0.717, 1.165) is 37.0 Å². The maximum Gasteiger partial charge on any atom is 0.416 e. The summed E-state index contributed by atoms with van der Waals surface area (Å²) in [5, 5.41) is 0. The minimum absolute atomic E-state index is 0.0621. The molecule has 0 amide bonds. The van der Waals surface area contributed by atoms with Crippen molar-refractivity contribution in [3.63, 3.8) is 0 Å². The van der Waals surface area contributed by atoms with E-state index in [4.69, 9.17) is 4.74 Å². The first-order valence-corrected chi connectivity index (χ1v) is 6.68. The summed E-state index contributed by atoms with van der Waals surface area (Å²) in [7, 11) is 0. The highest BCUT2D eigenvalue weighted by Gasteiger charge is 2.30. The van der Waals surface area contributed by atoms with Gasteiger partial charge >= 0.3 is 6.18 Å². The van der Waals surface area contributed by atoms with E-state index in [1.165, 1.54) is 12.1 Å². The van der Waals surface area contributed by atoms with Crippen LogP contribution in [-0.4, -0.2) is 4.11 Å². The van der Waals surface area contributed by atoms with E-state index < -0.39 is 11.7 Å².